The van der Waals surface area contributed by atoms with E-state index in [1.165, 1.54) is 19.3 Å². The Labute approximate surface area is 161 Å². The number of carboxylic acid groups (broad SMARTS) is 1. The van der Waals surface area contributed by atoms with Gasteiger partial charge in [-0.05, 0) is 72.9 Å². The molecule has 0 amide bonds. The molecule has 1 saturated carbocycles. The molecule has 2 aromatic carbocycles. The largest absolute Gasteiger partial charge is 0.493 e. The lowest BCUT2D eigenvalue weighted by molar-refractivity contribution is 0.0697. The number of benzene rings is 2. The van der Waals surface area contributed by atoms with E-state index in [9.17, 15) is 4.79 Å². The molecule has 1 aliphatic carbocycles. The number of hydrogen-bond donors (Lipinski definition) is 1. The van der Waals surface area contributed by atoms with Crippen molar-refractivity contribution in [3.05, 3.63) is 65.7 Å². The molecule has 0 radical (unpaired) electrons. The van der Waals surface area contributed by atoms with Gasteiger partial charge in [-0.25, -0.2) is 4.79 Å². The fourth-order valence-electron chi connectivity index (χ4n) is 3.37. The van der Waals surface area contributed by atoms with Crippen LogP contribution in [0.5, 0.6) is 5.75 Å². The molecule has 1 aliphatic rings. The standard InChI is InChI=1S/C24H28O3/c1-3-17(2)23(20-8-9-20)5-4-16-27-22-14-12-19(13-15-22)18-6-10-21(11-7-18)24(25)26/h5-7,10-15,17,20H,3-4,8-9,16H2,1-2H3,(H,25,26)/b23-5-. The maximum Gasteiger partial charge on any atom is 0.335 e. The first kappa shape index (κ1) is 19.2. The van der Waals surface area contributed by atoms with Crippen LogP contribution in [0.15, 0.2) is 60.2 Å². The van der Waals surface area contributed by atoms with Crippen LogP contribution in [0.1, 0.15) is 49.9 Å². The number of rotatable bonds is 9. The molecule has 1 unspecified atom stereocenters. The highest BCUT2D eigenvalue weighted by Gasteiger charge is 2.27. The van der Waals surface area contributed by atoms with Crippen molar-refractivity contribution in [2.45, 2.75) is 39.5 Å². The van der Waals surface area contributed by atoms with Crippen molar-refractivity contribution in [2.24, 2.45) is 11.8 Å². The van der Waals surface area contributed by atoms with E-state index in [1.807, 2.05) is 36.4 Å². The first-order chi connectivity index (χ1) is 13.1. The Hall–Kier alpha value is -2.55. The van der Waals surface area contributed by atoms with Crippen LogP contribution in [0.3, 0.4) is 0 Å². The summed E-state index contributed by atoms with van der Waals surface area (Å²) in [6, 6.07) is 14.9. The highest BCUT2D eigenvalue weighted by Crippen LogP contribution is 2.41. The summed E-state index contributed by atoms with van der Waals surface area (Å²) < 4.78 is 5.89. The molecule has 3 nitrogen and oxygen atoms in total. The van der Waals surface area contributed by atoms with Gasteiger partial charge in [0.2, 0.25) is 0 Å². The second-order valence-electron chi connectivity index (χ2n) is 7.33. The molecule has 0 saturated heterocycles. The fraction of sp³-hybridized carbons (Fsp3) is 0.375. The van der Waals surface area contributed by atoms with E-state index in [0.29, 0.717) is 18.1 Å². The summed E-state index contributed by atoms with van der Waals surface area (Å²) in [6.45, 7) is 5.28. The molecule has 1 N–H and O–H groups in total. The lowest BCUT2D eigenvalue weighted by Gasteiger charge is -2.14. The predicted octanol–water partition coefficient (Wildman–Crippen LogP) is 6.20. The molecule has 0 heterocycles. The molecule has 0 bridgehead atoms. The van der Waals surface area contributed by atoms with E-state index < -0.39 is 5.97 Å². The SMILES string of the molecule is CCC(C)/C(=C/CCOc1ccc(-c2ccc(C(=O)O)cc2)cc1)C1CC1. The van der Waals surface area contributed by atoms with Crippen LogP contribution in [-0.4, -0.2) is 17.7 Å². The smallest absolute Gasteiger partial charge is 0.335 e. The van der Waals surface area contributed by atoms with E-state index >= 15 is 0 Å². The minimum absolute atomic E-state index is 0.301. The van der Waals surface area contributed by atoms with Crippen LogP contribution in [0.4, 0.5) is 0 Å². The normalized spacial score (nSPS) is 15.4. The summed E-state index contributed by atoms with van der Waals surface area (Å²) >= 11 is 0. The van der Waals surface area contributed by atoms with Crippen molar-refractivity contribution in [1.29, 1.82) is 0 Å². The van der Waals surface area contributed by atoms with Crippen molar-refractivity contribution in [2.75, 3.05) is 6.61 Å². The summed E-state index contributed by atoms with van der Waals surface area (Å²) in [4.78, 5) is 10.9. The maximum absolute atomic E-state index is 10.9. The number of allylic oxidation sites excluding steroid dienone is 1. The van der Waals surface area contributed by atoms with Crippen molar-refractivity contribution in [3.8, 4) is 16.9 Å². The highest BCUT2D eigenvalue weighted by molar-refractivity contribution is 5.88. The Bertz CT molecular complexity index is 783. The van der Waals surface area contributed by atoms with E-state index in [1.54, 1.807) is 17.7 Å². The Kier molecular flexibility index (Phi) is 6.33. The van der Waals surface area contributed by atoms with E-state index in [0.717, 1.165) is 29.2 Å². The van der Waals surface area contributed by atoms with Gasteiger partial charge in [0, 0.05) is 0 Å². The van der Waals surface area contributed by atoms with Crippen LogP contribution < -0.4 is 4.74 Å². The fourth-order valence-corrected chi connectivity index (χ4v) is 3.37. The first-order valence-electron chi connectivity index (χ1n) is 9.85. The monoisotopic (exact) mass is 364 g/mol. The van der Waals surface area contributed by atoms with Gasteiger partial charge in [0.25, 0.3) is 0 Å². The van der Waals surface area contributed by atoms with Crippen molar-refractivity contribution in [3.63, 3.8) is 0 Å². The molecule has 1 fully saturated rings. The topological polar surface area (TPSA) is 46.5 Å². The van der Waals surface area contributed by atoms with E-state index in [2.05, 4.69) is 19.9 Å². The molecule has 0 aromatic heterocycles. The van der Waals surface area contributed by atoms with E-state index in [4.69, 9.17) is 9.84 Å². The number of carboxylic acids is 1. The third-order valence-electron chi connectivity index (χ3n) is 5.32. The number of ether oxygens (including phenoxy) is 1. The van der Waals surface area contributed by atoms with Gasteiger partial charge in [-0.1, -0.05) is 49.8 Å². The van der Waals surface area contributed by atoms with Gasteiger partial charge in [-0.15, -0.1) is 0 Å². The quantitative estimate of drug-likeness (QED) is 0.425. The second-order valence-corrected chi connectivity index (χ2v) is 7.33. The highest BCUT2D eigenvalue weighted by atomic mass is 16.5. The second kappa shape index (κ2) is 8.90. The molecule has 0 spiro atoms. The molecule has 27 heavy (non-hydrogen) atoms. The minimum Gasteiger partial charge on any atom is -0.493 e. The number of hydrogen-bond acceptors (Lipinski definition) is 2. The van der Waals surface area contributed by atoms with Gasteiger partial charge in [-0.3, -0.25) is 0 Å². The summed E-state index contributed by atoms with van der Waals surface area (Å²) in [5.74, 6) is 1.47. The summed E-state index contributed by atoms with van der Waals surface area (Å²) in [6.07, 6.45) is 7.26. The van der Waals surface area contributed by atoms with Crippen LogP contribution >= 0.6 is 0 Å². The Morgan fingerprint density at radius 2 is 1.70 bits per heavy atom. The lowest BCUT2D eigenvalue weighted by atomic mass is 9.93. The van der Waals surface area contributed by atoms with E-state index in [-0.39, 0.29) is 0 Å². The molecule has 0 aliphatic heterocycles. The molecular weight excluding hydrogens is 336 g/mol. The third kappa shape index (κ3) is 5.22. The van der Waals surface area contributed by atoms with Gasteiger partial charge >= 0.3 is 5.97 Å². The molecule has 142 valence electrons. The first-order valence-corrected chi connectivity index (χ1v) is 9.85. The lowest BCUT2D eigenvalue weighted by Crippen LogP contribution is -2.02. The zero-order valence-electron chi connectivity index (χ0n) is 16.2. The molecule has 3 rings (SSSR count). The minimum atomic E-state index is -0.905. The third-order valence-corrected chi connectivity index (χ3v) is 5.32. The van der Waals surface area contributed by atoms with Crippen LogP contribution in [0, 0.1) is 11.8 Å². The van der Waals surface area contributed by atoms with Crippen LogP contribution in [-0.2, 0) is 0 Å². The number of carbonyl (C=O) groups is 1. The van der Waals surface area contributed by atoms with Gasteiger partial charge in [0.1, 0.15) is 5.75 Å². The van der Waals surface area contributed by atoms with Gasteiger partial charge in [0.15, 0.2) is 0 Å². The van der Waals surface area contributed by atoms with Crippen molar-refractivity contribution < 1.29 is 14.6 Å². The summed E-state index contributed by atoms with van der Waals surface area (Å²) in [7, 11) is 0. The van der Waals surface area contributed by atoms with Crippen LogP contribution in [0.25, 0.3) is 11.1 Å². The average Bonchev–Trinajstić information content (AvgIpc) is 3.53. The summed E-state index contributed by atoms with van der Waals surface area (Å²) in [5.41, 5.74) is 3.97. The van der Waals surface area contributed by atoms with Gasteiger partial charge in [0.05, 0.1) is 12.2 Å². The van der Waals surface area contributed by atoms with Crippen LogP contribution in [0.2, 0.25) is 0 Å². The zero-order chi connectivity index (χ0) is 19.2. The molecule has 2 aromatic rings. The molecule has 1 atom stereocenters. The summed E-state index contributed by atoms with van der Waals surface area (Å²) in [5, 5.41) is 8.98. The average molecular weight is 364 g/mol. The number of aromatic carboxylic acids is 1. The van der Waals surface area contributed by atoms with Crippen molar-refractivity contribution in [1.82, 2.24) is 0 Å². The Morgan fingerprint density at radius 3 is 2.22 bits per heavy atom. The maximum atomic E-state index is 10.9. The zero-order valence-corrected chi connectivity index (χ0v) is 16.2. The Morgan fingerprint density at radius 1 is 1.11 bits per heavy atom. The predicted molar refractivity (Wildman–Crippen MR) is 109 cm³/mol. The Balaban J connectivity index is 1.54. The molecular formula is C24H28O3. The van der Waals surface area contributed by atoms with Gasteiger partial charge in [-0.2, -0.15) is 0 Å². The molecule has 3 heteroatoms. The van der Waals surface area contributed by atoms with Crippen molar-refractivity contribution >= 4 is 5.97 Å². The van der Waals surface area contributed by atoms with Gasteiger partial charge < -0.3 is 9.84 Å².